The van der Waals surface area contributed by atoms with Gasteiger partial charge in [-0.15, -0.1) is 0 Å². The smallest absolute Gasteiger partial charge is 0.271 e. The average molecular weight is 249 g/mol. The number of guanidine groups is 1. The number of nitro groups is 1. The molecule has 1 fully saturated rings. The molecule has 0 unspecified atom stereocenters. The van der Waals surface area contributed by atoms with E-state index in [0.717, 1.165) is 0 Å². The fourth-order valence-electron chi connectivity index (χ4n) is 1.64. The summed E-state index contributed by atoms with van der Waals surface area (Å²) in [4.78, 5) is 27.6. The number of hydrazone groups is 1. The summed E-state index contributed by atoms with van der Waals surface area (Å²) in [5.74, 6) is -0.0277. The molecule has 0 spiro atoms. The third-order valence-corrected chi connectivity index (χ3v) is 2.46. The summed E-state index contributed by atoms with van der Waals surface area (Å²) in [5.41, 5.74) is 0.477. The van der Waals surface area contributed by atoms with Crippen LogP contribution in [-0.4, -0.2) is 46.3 Å². The molecule has 1 N–H and O–H groups in total. The number of hydrogen-bond acceptors (Lipinski definition) is 4. The molecule has 8 nitrogen and oxygen atoms in total. The van der Waals surface area contributed by atoms with Crippen LogP contribution in [0.3, 0.4) is 0 Å². The van der Waals surface area contributed by atoms with Crippen molar-refractivity contribution < 1.29 is 9.83 Å². The van der Waals surface area contributed by atoms with Gasteiger partial charge in [-0.05, 0) is 12.1 Å². The van der Waals surface area contributed by atoms with Crippen LogP contribution in [0.2, 0.25) is 0 Å². The molecule has 1 aliphatic rings. The van der Waals surface area contributed by atoms with E-state index in [2.05, 4.69) is 15.4 Å². The number of nitrogens with zero attached hydrogens (tertiary/aromatic N) is 4. The Morgan fingerprint density at radius 1 is 1.67 bits per heavy atom. The normalized spacial score (nSPS) is 16.7. The van der Waals surface area contributed by atoms with Gasteiger partial charge >= 0.3 is 0 Å². The molecular weight excluding hydrogens is 238 g/mol. The highest BCUT2D eigenvalue weighted by atomic mass is 16.7. The highest BCUT2D eigenvalue weighted by molar-refractivity contribution is 5.99. The Bertz CT molecular complexity index is 488. The molecule has 94 valence electrons. The van der Waals surface area contributed by atoms with Crippen molar-refractivity contribution in [2.24, 2.45) is 5.10 Å². The Hall–Kier alpha value is -2.51. The number of carbonyl (C=O) groups excluding carboxylic acids is 1. The molecule has 2 heterocycles. The average Bonchev–Trinajstić information content (AvgIpc) is 2.77. The van der Waals surface area contributed by atoms with Gasteiger partial charge in [0.25, 0.3) is 5.96 Å². The van der Waals surface area contributed by atoms with Crippen molar-refractivity contribution in [2.75, 3.05) is 19.6 Å². The zero-order valence-electron chi connectivity index (χ0n) is 9.44. The summed E-state index contributed by atoms with van der Waals surface area (Å²) in [6.07, 6.45) is 3.05. The maximum atomic E-state index is 11.9. The zero-order valence-corrected chi connectivity index (χ0v) is 9.44. The quantitative estimate of drug-likeness (QED) is 0.447. The molecule has 0 saturated carbocycles. The minimum atomic E-state index is -0.783. The number of ketones is 1. The SMILES string of the molecule is O=C(CN1CCNC1=N[N+](=O)[O-])c1cccnc1. The first-order chi connectivity index (χ1) is 8.66. The molecular formula is C10H11N5O3. The van der Waals surface area contributed by atoms with Crippen molar-refractivity contribution in [1.82, 2.24) is 15.2 Å². The van der Waals surface area contributed by atoms with Crippen LogP contribution in [0.15, 0.2) is 29.6 Å². The number of nitrogens with one attached hydrogen (secondary N) is 1. The van der Waals surface area contributed by atoms with Crippen molar-refractivity contribution in [3.8, 4) is 0 Å². The summed E-state index contributed by atoms with van der Waals surface area (Å²) in [5, 5.41) is 15.5. The minimum Gasteiger partial charge on any atom is -0.349 e. The van der Waals surface area contributed by atoms with Gasteiger partial charge in [0.05, 0.1) is 6.54 Å². The first-order valence-corrected chi connectivity index (χ1v) is 5.32. The molecule has 1 aromatic heterocycles. The van der Waals surface area contributed by atoms with E-state index in [4.69, 9.17) is 0 Å². The maximum Gasteiger partial charge on any atom is 0.271 e. The van der Waals surface area contributed by atoms with Gasteiger partial charge in [-0.3, -0.25) is 9.78 Å². The van der Waals surface area contributed by atoms with Gasteiger partial charge in [0.1, 0.15) is 5.10 Å². The third kappa shape index (κ3) is 2.78. The number of Topliss-reactive ketones (excluding diaryl/α,β-unsaturated/α-hetero) is 1. The van der Waals surface area contributed by atoms with Gasteiger partial charge in [-0.2, -0.15) is 0 Å². The standard InChI is InChI=1S/C10H11N5O3/c16-9(8-2-1-3-11-6-8)7-14-5-4-12-10(14)13-15(17)18/h1-3,6H,4-5,7H2,(H,12,13). The molecule has 0 aromatic carbocycles. The van der Waals surface area contributed by atoms with Gasteiger partial charge in [-0.1, -0.05) is 0 Å². The third-order valence-electron chi connectivity index (χ3n) is 2.46. The van der Waals surface area contributed by atoms with Crippen LogP contribution in [0.25, 0.3) is 0 Å². The summed E-state index contributed by atoms with van der Waals surface area (Å²) < 4.78 is 0. The van der Waals surface area contributed by atoms with Gasteiger partial charge in [-0.25, -0.2) is 10.1 Å². The van der Waals surface area contributed by atoms with Gasteiger partial charge in [0.15, 0.2) is 10.8 Å². The van der Waals surface area contributed by atoms with Crippen molar-refractivity contribution >= 4 is 11.7 Å². The second-order valence-corrected chi connectivity index (χ2v) is 3.67. The number of pyridine rings is 1. The van der Waals surface area contributed by atoms with Gasteiger partial charge in [0, 0.05) is 31.0 Å². The molecule has 0 aliphatic carbocycles. The predicted molar refractivity (Wildman–Crippen MR) is 62.6 cm³/mol. The Morgan fingerprint density at radius 2 is 2.50 bits per heavy atom. The van der Waals surface area contributed by atoms with Crippen molar-refractivity contribution in [3.63, 3.8) is 0 Å². The molecule has 2 rings (SSSR count). The second kappa shape index (κ2) is 5.21. The molecule has 1 aliphatic heterocycles. The van der Waals surface area contributed by atoms with Crippen LogP contribution < -0.4 is 5.32 Å². The highest BCUT2D eigenvalue weighted by Crippen LogP contribution is 2.03. The van der Waals surface area contributed by atoms with E-state index in [-0.39, 0.29) is 18.3 Å². The number of rotatable bonds is 4. The van der Waals surface area contributed by atoms with E-state index >= 15 is 0 Å². The van der Waals surface area contributed by atoms with Crippen molar-refractivity contribution in [2.45, 2.75) is 0 Å². The Labute approximate surface area is 102 Å². The van der Waals surface area contributed by atoms with Crippen LogP contribution in [0.4, 0.5) is 0 Å². The second-order valence-electron chi connectivity index (χ2n) is 3.67. The van der Waals surface area contributed by atoms with Gasteiger partial charge in [0.2, 0.25) is 0 Å². The van der Waals surface area contributed by atoms with Crippen LogP contribution in [0.5, 0.6) is 0 Å². The molecule has 0 bridgehead atoms. The van der Waals surface area contributed by atoms with Crippen LogP contribution in [-0.2, 0) is 0 Å². The molecule has 0 atom stereocenters. The predicted octanol–water partition coefficient (Wildman–Crippen LogP) is -0.283. The van der Waals surface area contributed by atoms with Crippen molar-refractivity contribution in [1.29, 1.82) is 0 Å². The Kier molecular flexibility index (Phi) is 3.46. The fourth-order valence-corrected chi connectivity index (χ4v) is 1.64. The topological polar surface area (TPSA) is 101 Å². The lowest BCUT2D eigenvalue weighted by Gasteiger charge is -2.13. The molecule has 8 heteroatoms. The first-order valence-electron chi connectivity index (χ1n) is 5.32. The van der Waals surface area contributed by atoms with Crippen LogP contribution in [0, 0.1) is 10.1 Å². The summed E-state index contributed by atoms with van der Waals surface area (Å²) in [6, 6.07) is 3.32. The van der Waals surface area contributed by atoms with E-state index in [1.807, 2.05) is 0 Å². The Morgan fingerprint density at radius 3 is 3.17 bits per heavy atom. The fraction of sp³-hybridized carbons (Fsp3) is 0.300. The Balaban J connectivity index is 2.05. The van der Waals surface area contributed by atoms with E-state index in [0.29, 0.717) is 18.7 Å². The summed E-state index contributed by atoms with van der Waals surface area (Å²) >= 11 is 0. The molecule has 1 aromatic rings. The molecule has 18 heavy (non-hydrogen) atoms. The lowest BCUT2D eigenvalue weighted by atomic mass is 10.2. The maximum absolute atomic E-state index is 11.9. The van der Waals surface area contributed by atoms with Crippen molar-refractivity contribution in [3.05, 3.63) is 40.2 Å². The van der Waals surface area contributed by atoms with E-state index < -0.39 is 5.03 Å². The summed E-state index contributed by atoms with van der Waals surface area (Å²) in [6.45, 7) is 1.09. The van der Waals surface area contributed by atoms with E-state index in [9.17, 15) is 14.9 Å². The zero-order chi connectivity index (χ0) is 13.0. The van der Waals surface area contributed by atoms with E-state index in [1.165, 1.54) is 11.1 Å². The lowest BCUT2D eigenvalue weighted by molar-refractivity contribution is -0.485. The summed E-state index contributed by atoms with van der Waals surface area (Å²) in [7, 11) is 0. The van der Waals surface area contributed by atoms with E-state index in [1.54, 1.807) is 18.3 Å². The minimum absolute atomic E-state index is 0.0470. The molecule has 0 radical (unpaired) electrons. The van der Waals surface area contributed by atoms with Gasteiger partial charge < -0.3 is 10.2 Å². The van der Waals surface area contributed by atoms with Crippen LogP contribution >= 0.6 is 0 Å². The lowest BCUT2D eigenvalue weighted by Crippen LogP contribution is -2.35. The highest BCUT2D eigenvalue weighted by Gasteiger charge is 2.23. The monoisotopic (exact) mass is 249 g/mol. The number of carbonyl (C=O) groups is 1. The molecule has 1 saturated heterocycles. The largest absolute Gasteiger partial charge is 0.349 e. The van der Waals surface area contributed by atoms with Crippen LogP contribution in [0.1, 0.15) is 10.4 Å². The molecule has 0 amide bonds. The first kappa shape index (κ1) is 12.0. The number of aromatic nitrogens is 1. The number of hydrogen-bond donors (Lipinski definition) is 1.